The summed E-state index contributed by atoms with van der Waals surface area (Å²) in [6.07, 6.45) is 2.01. The van der Waals surface area contributed by atoms with E-state index in [2.05, 4.69) is 4.98 Å². The molecule has 0 saturated carbocycles. The topological polar surface area (TPSA) is 33.2 Å². The Morgan fingerprint density at radius 1 is 1.57 bits per heavy atom. The van der Waals surface area contributed by atoms with E-state index in [1.807, 2.05) is 24.0 Å². The molecule has 1 saturated heterocycles. The van der Waals surface area contributed by atoms with Crippen molar-refractivity contribution in [3.63, 3.8) is 0 Å². The lowest BCUT2D eigenvalue weighted by Crippen LogP contribution is -2.29. The Hall–Kier alpha value is -1.32. The van der Waals surface area contributed by atoms with Crippen LogP contribution in [0.5, 0.6) is 0 Å². The van der Waals surface area contributed by atoms with Crippen LogP contribution in [0.25, 0.3) is 0 Å². The fraction of sp³-hybridized carbons (Fsp3) is 0.400. The van der Waals surface area contributed by atoms with Crippen molar-refractivity contribution in [1.29, 1.82) is 0 Å². The van der Waals surface area contributed by atoms with Crippen LogP contribution in [-0.4, -0.2) is 36.1 Å². The zero-order valence-corrected chi connectivity index (χ0v) is 8.36. The second-order valence-electron chi connectivity index (χ2n) is 3.66. The van der Waals surface area contributed by atoms with Crippen molar-refractivity contribution >= 4 is 13.2 Å². The maximum absolute atomic E-state index is 11.9. The summed E-state index contributed by atoms with van der Waals surface area (Å²) in [5, 5.41) is 0. The molecule has 1 amide bonds. The van der Waals surface area contributed by atoms with E-state index in [0.717, 1.165) is 32.3 Å². The molecule has 0 spiro atoms. The molecule has 2 rings (SSSR count). The lowest BCUT2D eigenvalue weighted by molar-refractivity contribution is 0.0795. The number of hydrogen-bond donors (Lipinski definition) is 0. The number of pyridine rings is 1. The van der Waals surface area contributed by atoms with Crippen molar-refractivity contribution < 1.29 is 4.79 Å². The van der Waals surface area contributed by atoms with E-state index < -0.39 is 0 Å². The van der Waals surface area contributed by atoms with Crippen LogP contribution in [0.4, 0.5) is 0 Å². The Morgan fingerprint density at radius 3 is 3.07 bits per heavy atom. The number of aryl methyl sites for hydroxylation is 1. The summed E-state index contributed by atoms with van der Waals surface area (Å²) in [7, 11) is 1.12. The van der Waals surface area contributed by atoms with Crippen molar-refractivity contribution in [2.24, 2.45) is 0 Å². The predicted octanol–water partition coefficient (Wildman–Crippen LogP) is 0.658. The molecule has 0 radical (unpaired) electrons. The van der Waals surface area contributed by atoms with Crippen molar-refractivity contribution in [2.75, 3.05) is 13.0 Å². The summed E-state index contributed by atoms with van der Waals surface area (Å²) in [5.74, 6) is 0.0752. The van der Waals surface area contributed by atoms with Gasteiger partial charge in [0.05, 0.1) is 0 Å². The molecule has 2 heterocycles. The van der Waals surface area contributed by atoms with Gasteiger partial charge in [0.25, 0.3) is 5.91 Å². The Labute approximate surface area is 84.4 Å². The molecule has 0 aromatic carbocycles. The lowest BCUT2D eigenvalue weighted by atomic mass is 9.79. The van der Waals surface area contributed by atoms with Gasteiger partial charge in [-0.25, -0.2) is 4.98 Å². The second kappa shape index (κ2) is 3.82. The molecule has 4 heteroatoms. The fourth-order valence-corrected chi connectivity index (χ4v) is 1.74. The molecule has 0 aliphatic carbocycles. The first kappa shape index (κ1) is 9.25. The van der Waals surface area contributed by atoms with E-state index in [4.69, 9.17) is 0 Å². The van der Waals surface area contributed by atoms with E-state index in [1.165, 1.54) is 0 Å². The molecular formula is C10H13BN2O. The highest BCUT2D eigenvalue weighted by molar-refractivity contribution is 6.37. The highest BCUT2D eigenvalue weighted by Crippen LogP contribution is 2.07. The molecule has 1 aliphatic rings. The first-order valence-electron chi connectivity index (χ1n) is 5.00. The summed E-state index contributed by atoms with van der Waals surface area (Å²) in [5.41, 5.74) is 1.47. The maximum atomic E-state index is 11.9. The largest absolute Gasteiger partial charge is 0.346 e. The van der Waals surface area contributed by atoms with Crippen LogP contribution in [0, 0.1) is 6.92 Å². The minimum Gasteiger partial charge on any atom is -0.346 e. The zero-order chi connectivity index (χ0) is 9.97. The lowest BCUT2D eigenvalue weighted by Gasteiger charge is -2.14. The summed E-state index contributed by atoms with van der Waals surface area (Å²) in [4.78, 5) is 18.0. The van der Waals surface area contributed by atoms with Crippen molar-refractivity contribution in [3.8, 4) is 0 Å². The number of amides is 1. The number of carbonyl (C=O) groups is 1. The van der Waals surface area contributed by atoms with Crippen LogP contribution in [0.1, 0.15) is 16.2 Å². The third kappa shape index (κ3) is 1.79. The van der Waals surface area contributed by atoms with Gasteiger partial charge in [-0.15, -0.1) is 0 Å². The standard InChI is InChI=1S/C10H13BN2O/c1-8-3-2-4-9(12-8)10(14)13-6-5-11-7-13/h2-4,11H,5-7H2,1H3. The van der Waals surface area contributed by atoms with Gasteiger partial charge in [0, 0.05) is 12.2 Å². The van der Waals surface area contributed by atoms with Crippen molar-refractivity contribution in [3.05, 3.63) is 29.6 Å². The molecule has 0 bridgehead atoms. The molecule has 3 nitrogen and oxygen atoms in total. The number of carbonyl (C=O) groups excluding carboxylic acids is 1. The molecule has 0 unspecified atom stereocenters. The van der Waals surface area contributed by atoms with Gasteiger partial charge in [-0.05, 0) is 25.5 Å². The quantitative estimate of drug-likeness (QED) is 0.606. The van der Waals surface area contributed by atoms with Gasteiger partial charge in [-0.1, -0.05) is 12.4 Å². The van der Waals surface area contributed by atoms with Crippen LogP contribution >= 0.6 is 0 Å². The van der Waals surface area contributed by atoms with Crippen LogP contribution in [-0.2, 0) is 0 Å². The molecule has 1 fully saturated rings. The highest BCUT2D eigenvalue weighted by atomic mass is 16.2. The molecule has 0 N–H and O–H groups in total. The highest BCUT2D eigenvalue weighted by Gasteiger charge is 2.20. The summed E-state index contributed by atoms with van der Waals surface area (Å²) < 4.78 is 0. The van der Waals surface area contributed by atoms with E-state index in [-0.39, 0.29) is 5.91 Å². The van der Waals surface area contributed by atoms with Crippen LogP contribution < -0.4 is 0 Å². The average molecular weight is 188 g/mol. The Balaban J connectivity index is 2.17. The van der Waals surface area contributed by atoms with Gasteiger partial charge in [-0.2, -0.15) is 0 Å². The van der Waals surface area contributed by atoms with Gasteiger partial charge in [0.2, 0.25) is 0 Å². The summed E-state index contributed by atoms with van der Waals surface area (Å²) in [6, 6.07) is 5.57. The van der Waals surface area contributed by atoms with Crippen molar-refractivity contribution in [1.82, 2.24) is 9.88 Å². The third-order valence-corrected chi connectivity index (χ3v) is 2.50. The molecule has 1 aromatic rings. The predicted molar refractivity (Wildman–Crippen MR) is 56.8 cm³/mol. The van der Waals surface area contributed by atoms with E-state index in [9.17, 15) is 4.79 Å². The van der Waals surface area contributed by atoms with Crippen molar-refractivity contribution in [2.45, 2.75) is 13.2 Å². The van der Waals surface area contributed by atoms with Crippen LogP contribution in [0.3, 0.4) is 0 Å². The third-order valence-electron chi connectivity index (χ3n) is 2.50. The fourth-order valence-electron chi connectivity index (χ4n) is 1.74. The second-order valence-corrected chi connectivity index (χ2v) is 3.66. The Morgan fingerprint density at radius 2 is 2.43 bits per heavy atom. The van der Waals surface area contributed by atoms with Crippen LogP contribution in [0.2, 0.25) is 6.32 Å². The van der Waals surface area contributed by atoms with Gasteiger partial charge < -0.3 is 4.90 Å². The van der Waals surface area contributed by atoms with E-state index in [0.29, 0.717) is 5.69 Å². The van der Waals surface area contributed by atoms with Crippen LogP contribution in [0.15, 0.2) is 18.2 Å². The zero-order valence-electron chi connectivity index (χ0n) is 8.36. The molecular weight excluding hydrogens is 175 g/mol. The normalized spacial score (nSPS) is 15.4. The minimum atomic E-state index is 0.0752. The van der Waals surface area contributed by atoms with Gasteiger partial charge >= 0.3 is 0 Å². The van der Waals surface area contributed by atoms with Gasteiger partial charge in [-0.3, -0.25) is 4.79 Å². The average Bonchev–Trinajstić information content (AvgIpc) is 2.69. The molecule has 1 aliphatic heterocycles. The molecule has 72 valence electrons. The Bertz CT molecular complexity index is 348. The smallest absolute Gasteiger partial charge is 0.271 e. The van der Waals surface area contributed by atoms with E-state index in [1.54, 1.807) is 6.07 Å². The first-order valence-corrected chi connectivity index (χ1v) is 5.00. The monoisotopic (exact) mass is 188 g/mol. The van der Waals surface area contributed by atoms with E-state index >= 15 is 0 Å². The van der Waals surface area contributed by atoms with Gasteiger partial charge in [0.15, 0.2) is 0 Å². The number of nitrogens with zero attached hydrogens (tertiary/aromatic N) is 2. The SMILES string of the molecule is Cc1cccc(C(=O)N2CBCC2)n1. The van der Waals surface area contributed by atoms with Gasteiger partial charge in [0.1, 0.15) is 13.0 Å². The Kier molecular flexibility index (Phi) is 2.52. The minimum absolute atomic E-state index is 0.0752. The molecule has 1 aromatic heterocycles. The first-order chi connectivity index (χ1) is 6.77. The molecule has 0 atom stereocenters. The molecule has 14 heavy (non-hydrogen) atoms. The summed E-state index contributed by atoms with van der Waals surface area (Å²) in [6.45, 7) is 2.79. The number of aromatic nitrogens is 1. The number of rotatable bonds is 1. The summed E-state index contributed by atoms with van der Waals surface area (Å²) >= 11 is 0. The number of hydrogen-bond acceptors (Lipinski definition) is 2. The maximum Gasteiger partial charge on any atom is 0.271 e.